The van der Waals surface area contributed by atoms with Gasteiger partial charge in [-0.15, -0.1) is 17.8 Å². The number of thiophene rings is 1. The number of nitrogens with zero attached hydrogens (tertiary/aromatic N) is 3. The highest BCUT2D eigenvalue weighted by Gasteiger charge is 2.64. The van der Waals surface area contributed by atoms with E-state index < -0.39 is 41.3 Å². The summed E-state index contributed by atoms with van der Waals surface area (Å²) in [4.78, 5) is 15.6. The molecule has 3 N–H and O–H groups in total. The lowest BCUT2D eigenvalue weighted by Crippen LogP contribution is -2.36. The lowest BCUT2D eigenvalue weighted by Gasteiger charge is -2.19. The fourth-order valence-electron chi connectivity index (χ4n) is 2.49. The Hall–Kier alpha value is -3.12. The molecule has 0 aliphatic rings. The van der Waals surface area contributed by atoms with Crippen molar-refractivity contribution in [1.29, 1.82) is 0 Å². The normalized spacial score (nSPS) is 13.4. The first-order valence-electron chi connectivity index (χ1n) is 8.62. The molecule has 0 radical (unpaired) electrons. The number of nitrogens with two attached hydrogens (primary N) is 1. The topological polar surface area (TPSA) is 85.3 Å². The van der Waals surface area contributed by atoms with Crippen molar-refractivity contribution in [3.05, 3.63) is 38.3 Å². The summed E-state index contributed by atoms with van der Waals surface area (Å²) in [5, 5.41) is 5.08. The van der Waals surface area contributed by atoms with Gasteiger partial charge in [0.2, 0.25) is 0 Å². The number of hydrogen-bond acceptors (Lipinski definition) is 5. The fourth-order valence-corrected chi connectivity index (χ4v) is 3.75. The van der Waals surface area contributed by atoms with E-state index in [2.05, 4.69) is 21.3 Å². The highest BCUT2D eigenvalue weighted by molar-refractivity contribution is 7.17. The predicted octanol–water partition coefficient (Wildman–Crippen LogP) is 4.87. The summed E-state index contributed by atoms with van der Waals surface area (Å²) in [6.07, 6.45) is -5.44. The van der Waals surface area contributed by atoms with Gasteiger partial charge < -0.3 is 11.1 Å². The van der Waals surface area contributed by atoms with E-state index in [1.54, 1.807) is 0 Å². The highest BCUT2D eigenvalue weighted by atomic mass is 35.5. The van der Waals surface area contributed by atoms with Crippen LogP contribution >= 0.6 is 22.9 Å². The van der Waals surface area contributed by atoms with E-state index in [1.807, 2.05) is 0 Å². The zero-order valence-electron chi connectivity index (χ0n) is 16.7. The average Bonchev–Trinajstić information content (AvgIpc) is 3.26. The van der Waals surface area contributed by atoms with E-state index in [1.165, 1.54) is 6.07 Å². The molecule has 0 fully saturated rings. The Bertz CT molecular complexity index is 1190. The summed E-state index contributed by atoms with van der Waals surface area (Å²) in [5.74, 6) is -5.74. The number of aliphatic imine (C=N–C) groups is 1. The number of alkyl halides is 8. The van der Waals surface area contributed by atoms with Crippen LogP contribution in [0.25, 0.3) is 5.57 Å². The van der Waals surface area contributed by atoms with Crippen LogP contribution in [0.3, 0.4) is 0 Å². The standard InChI is InChI=1S/C18H12ClF8N5OS/c1-3-4-29-15(33)9-5-10(34-13(9)19)8(6-28)7-30-14-11(17(22,23)24)12(31-32(14)2)16(20,21)18(25,26)27/h1,5-7H,4,28H2,2H3,(H,29,33). The molecular weight excluding hydrogens is 522 g/mol. The minimum Gasteiger partial charge on any atom is -0.404 e. The van der Waals surface area contributed by atoms with Crippen molar-refractivity contribution in [1.82, 2.24) is 15.1 Å². The molecule has 16 heteroatoms. The molecular formula is C18H12ClF8N5OS. The van der Waals surface area contributed by atoms with Gasteiger partial charge in [0.15, 0.2) is 11.5 Å². The fraction of sp³-hybridized carbons (Fsp3) is 0.278. The number of rotatable bonds is 6. The molecule has 1 amide bonds. The Morgan fingerprint density at radius 2 is 1.94 bits per heavy atom. The van der Waals surface area contributed by atoms with E-state index in [4.69, 9.17) is 23.8 Å². The third-order valence-electron chi connectivity index (χ3n) is 4.03. The maximum atomic E-state index is 13.7. The molecule has 184 valence electrons. The van der Waals surface area contributed by atoms with Gasteiger partial charge in [0, 0.05) is 29.9 Å². The van der Waals surface area contributed by atoms with Gasteiger partial charge >= 0.3 is 18.3 Å². The van der Waals surface area contributed by atoms with E-state index in [0.29, 0.717) is 13.3 Å². The Kier molecular flexibility index (Phi) is 7.68. The summed E-state index contributed by atoms with van der Waals surface area (Å²) in [5.41, 5.74) is 0.355. The van der Waals surface area contributed by atoms with Gasteiger partial charge in [-0.05, 0) is 6.07 Å². The highest BCUT2D eigenvalue weighted by Crippen LogP contribution is 2.50. The van der Waals surface area contributed by atoms with E-state index in [0.717, 1.165) is 17.5 Å². The lowest BCUT2D eigenvalue weighted by atomic mass is 10.1. The molecule has 0 bridgehead atoms. The number of carbonyl (C=O) groups is 1. The molecule has 6 nitrogen and oxygen atoms in total. The summed E-state index contributed by atoms with van der Waals surface area (Å²) < 4.78 is 106. The quantitative estimate of drug-likeness (QED) is 0.315. The van der Waals surface area contributed by atoms with Crippen LogP contribution in [0.2, 0.25) is 4.34 Å². The second kappa shape index (κ2) is 9.63. The van der Waals surface area contributed by atoms with Crippen LogP contribution in [-0.4, -0.2) is 34.6 Å². The number of hydrogen-bond donors (Lipinski definition) is 2. The third kappa shape index (κ3) is 5.33. The molecule has 0 aromatic carbocycles. The first-order chi connectivity index (χ1) is 15.6. The van der Waals surface area contributed by atoms with Crippen LogP contribution < -0.4 is 11.1 Å². The third-order valence-corrected chi connectivity index (χ3v) is 5.43. The molecule has 2 rings (SSSR count). The minimum absolute atomic E-state index is 0.0408. The SMILES string of the molecule is C#CCNC(=O)c1cc(C(C=Nc2c(C(F)(F)F)c(C(F)(F)C(F)(F)F)nn2C)=CN)sc1Cl. The van der Waals surface area contributed by atoms with Crippen LogP contribution in [-0.2, 0) is 19.1 Å². The molecule has 0 aliphatic heterocycles. The van der Waals surface area contributed by atoms with Gasteiger partial charge in [-0.2, -0.15) is 40.2 Å². The van der Waals surface area contributed by atoms with Crippen LogP contribution in [0.4, 0.5) is 40.9 Å². The Morgan fingerprint density at radius 1 is 1.32 bits per heavy atom. The first kappa shape index (κ1) is 27.1. The largest absolute Gasteiger partial charge is 0.459 e. The van der Waals surface area contributed by atoms with Crippen LogP contribution in [0, 0.1) is 12.3 Å². The lowest BCUT2D eigenvalue weighted by molar-refractivity contribution is -0.292. The Morgan fingerprint density at radius 3 is 2.44 bits per heavy atom. The molecule has 0 spiro atoms. The number of aromatic nitrogens is 2. The molecule has 2 heterocycles. The second-order valence-electron chi connectivity index (χ2n) is 6.31. The molecule has 0 saturated carbocycles. The average molecular weight is 534 g/mol. The Balaban J connectivity index is 2.55. The Labute approximate surface area is 195 Å². The molecule has 0 atom stereocenters. The van der Waals surface area contributed by atoms with Crippen LogP contribution in [0.1, 0.15) is 26.5 Å². The molecule has 0 unspecified atom stereocenters. The first-order valence-corrected chi connectivity index (χ1v) is 9.82. The monoisotopic (exact) mass is 533 g/mol. The second-order valence-corrected chi connectivity index (χ2v) is 7.96. The molecule has 34 heavy (non-hydrogen) atoms. The van der Waals surface area contributed by atoms with Gasteiger partial charge in [0.1, 0.15) is 9.90 Å². The number of terminal acetylenes is 1. The number of allylic oxidation sites excluding steroid dienone is 1. The van der Waals surface area contributed by atoms with Crippen LogP contribution in [0.5, 0.6) is 0 Å². The van der Waals surface area contributed by atoms with Gasteiger partial charge in [-0.1, -0.05) is 17.5 Å². The van der Waals surface area contributed by atoms with Crippen molar-refractivity contribution in [2.45, 2.75) is 18.3 Å². The minimum atomic E-state index is -6.34. The zero-order chi connectivity index (χ0) is 26.1. The van der Waals surface area contributed by atoms with E-state index >= 15 is 0 Å². The van der Waals surface area contributed by atoms with Crippen molar-refractivity contribution in [2.24, 2.45) is 17.8 Å². The maximum Gasteiger partial charge on any atom is 0.459 e. The molecule has 2 aromatic rings. The van der Waals surface area contributed by atoms with E-state index in [9.17, 15) is 39.9 Å². The number of nitrogens with one attached hydrogen (secondary N) is 1. The summed E-state index contributed by atoms with van der Waals surface area (Å²) in [6.45, 7) is -0.118. The van der Waals surface area contributed by atoms with Crippen LogP contribution in [0.15, 0.2) is 17.3 Å². The number of halogens is 9. The van der Waals surface area contributed by atoms with Gasteiger partial charge in [0.25, 0.3) is 5.91 Å². The molecule has 0 saturated heterocycles. The molecule has 2 aromatic heterocycles. The number of carbonyl (C=O) groups excluding carboxylic acids is 1. The van der Waals surface area contributed by atoms with Crippen molar-refractivity contribution in [3.63, 3.8) is 0 Å². The number of aryl methyl sites for hydroxylation is 1. The summed E-state index contributed by atoms with van der Waals surface area (Å²) in [6, 6.07) is 1.21. The van der Waals surface area contributed by atoms with Crippen molar-refractivity contribution >= 4 is 46.5 Å². The predicted molar refractivity (Wildman–Crippen MR) is 109 cm³/mol. The molecule has 0 aliphatic carbocycles. The van der Waals surface area contributed by atoms with Crippen molar-refractivity contribution in [3.8, 4) is 12.3 Å². The summed E-state index contributed by atoms with van der Waals surface area (Å²) in [7, 11) is 0.708. The van der Waals surface area contributed by atoms with Gasteiger partial charge in [-0.25, -0.2) is 9.67 Å². The smallest absolute Gasteiger partial charge is 0.404 e. The van der Waals surface area contributed by atoms with Gasteiger partial charge in [0.05, 0.1) is 12.1 Å². The van der Waals surface area contributed by atoms with Crippen molar-refractivity contribution in [2.75, 3.05) is 6.54 Å². The van der Waals surface area contributed by atoms with Crippen molar-refractivity contribution < 1.29 is 39.9 Å². The van der Waals surface area contributed by atoms with Gasteiger partial charge in [-0.3, -0.25) is 4.79 Å². The zero-order valence-corrected chi connectivity index (χ0v) is 18.2. The van der Waals surface area contributed by atoms with E-state index in [-0.39, 0.29) is 31.6 Å². The summed E-state index contributed by atoms with van der Waals surface area (Å²) >= 11 is 6.75. The maximum absolute atomic E-state index is 13.7. The number of amides is 1.